The average molecular weight is 379 g/mol. The van der Waals surface area contributed by atoms with Gasteiger partial charge in [0.2, 0.25) is 0 Å². The summed E-state index contributed by atoms with van der Waals surface area (Å²) in [6, 6.07) is 6.60. The zero-order chi connectivity index (χ0) is 18.3. The van der Waals surface area contributed by atoms with E-state index in [0.29, 0.717) is 10.6 Å². The second-order valence-electron chi connectivity index (χ2n) is 5.24. The Balaban J connectivity index is 2.44. The standard InChI is InChI=1S/C16H11ClN2O5S/c1-7-11-14(25-12(7)16(23)24)18-13(8-4-2-3-5-9(8)17)19(15(11)22)6-10(20)21/h2-5H,6H2,1H3,(H,20,21)(H,23,24). The summed E-state index contributed by atoms with van der Waals surface area (Å²) in [7, 11) is 0. The molecular weight excluding hydrogens is 368 g/mol. The third kappa shape index (κ3) is 2.90. The molecule has 1 aromatic carbocycles. The lowest BCUT2D eigenvalue weighted by atomic mass is 10.1. The highest BCUT2D eigenvalue weighted by Crippen LogP contribution is 2.31. The molecule has 2 heterocycles. The zero-order valence-electron chi connectivity index (χ0n) is 12.8. The lowest BCUT2D eigenvalue weighted by Crippen LogP contribution is -2.27. The first-order valence-corrected chi connectivity index (χ1v) is 8.24. The lowest BCUT2D eigenvalue weighted by Gasteiger charge is -2.11. The van der Waals surface area contributed by atoms with Gasteiger partial charge in [0.05, 0.1) is 10.4 Å². The van der Waals surface area contributed by atoms with Gasteiger partial charge in [0.15, 0.2) is 0 Å². The van der Waals surface area contributed by atoms with Crippen molar-refractivity contribution in [2.24, 2.45) is 0 Å². The van der Waals surface area contributed by atoms with Gasteiger partial charge in [-0.25, -0.2) is 9.78 Å². The first-order valence-electron chi connectivity index (χ1n) is 7.05. The van der Waals surface area contributed by atoms with E-state index in [1.54, 1.807) is 24.3 Å². The molecule has 0 unspecified atom stereocenters. The summed E-state index contributed by atoms with van der Waals surface area (Å²) in [6.45, 7) is 0.895. The summed E-state index contributed by atoms with van der Waals surface area (Å²) >= 11 is 7.04. The van der Waals surface area contributed by atoms with Crippen molar-refractivity contribution in [1.82, 2.24) is 9.55 Å². The molecule has 0 aliphatic carbocycles. The first kappa shape index (κ1) is 17.1. The van der Waals surface area contributed by atoms with Crippen molar-refractivity contribution < 1.29 is 19.8 Å². The highest BCUT2D eigenvalue weighted by molar-refractivity contribution is 7.20. The van der Waals surface area contributed by atoms with E-state index in [1.807, 2.05) is 0 Å². The van der Waals surface area contributed by atoms with E-state index in [0.717, 1.165) is 15.9 Å². The monoisotopic (exact) mass is 378 g/mol. The Labute approximate surface area is 149 Å². The van der Waals surface area contributed by atoms with Crippen molar-refractivity contribution in [2.75, 3.05) is 0 Å². The van der Waals surface area contributed by atoms with Crippen LogP contribution in [0.5, 0.6) is 0 Å². The summed E-state index contributed by atoms with van der Waals surface area (Å²) in [5.74, 6) is -2.30. The van der Waals surface area contributed by atoms with Crippen LogP contribution in [0.25, 0.3) is 21.6 Å². The SMILES string of the molecule is Cc1c(C(=O)O)sc2nc(-c3ccccc3Cl)n(CC(=O)O)c(=O)c12. The minimum absolute atomic E-state index is 0.00205. The van der Waals surface area contributed by atoms with Crippen LogP contribution in [0.1, 0.15) is 15.2 Å². The Morgan fingerprint density at radius 1 is 1.28 bits per heavy atom. The molecule has 128 valence electrons. The molecule has 0 aliphatic heterocycles. The van der Waals surface area contributed by atoms with Gasteiger partial charge in [0, 0.05) is 5.56 Å². The number of benzene rings is 1. The molecule has 3 aromatic rings. The van der Waals surface area contributed by atoms with Crippen molar-refractivity contribution in [3.63, 3.8) is 0 Å². The van der Waals surface area contributed by atoms with Crippen LogP contribution in [-0.2, 0) is 11.3 Å². The minimum atomic E-state index is -1.22. The first-order chi connectivity index (χ1) is 11.8. The predicted molar refractivity (Wildman–Crippen MR) is 93.7 cm³/mol. The van der Waals surface area contributed by atoms with Crippen molar-refractivity contribution in [3.8, 4) is 11.4 Å². The summed E-state index contributed by atoms with van der Waals surface area (Å²) in [5.41, 5.74) is 0.0609. The van der Waals surface area contributed by atoms with Gasteiger partial charge in [0.25, 0.3) is 5.56 Å². The fraction of sp³-hybridized carbons (Fsp3) is 0.125. The fourth-order valence-corrected chi connectivity index (χ4v) is 3.78. The Kier molecular flexibility index (Phi) is 4.32. The molecule has 0 saturated heterocycles. The Bertz CT molecular complexity index is 1090. The van der Waals surface area contributed by atoms with Gasteiger partial charge in [-0.05, 0) is 24.6 Å². The third-order valence-corrected chi connectivity index (χ3v) is 5.16. The van der Waals surface area contributed by atoms with Gasteiger partial charge < -0.3 is 10.2 Å². The topological polar surface area (TPSA) is 109 Å². The molecule has 0 saturated carbocycles. The number of hydrogen-bond acceptors (Lipinski definition) is 5. The Morgan fingerprint density at radius 3 is 2.56 bits per heavy atom. The largest absolute Gasteiger partial charge is 0.480 e. The normalized spacial score (nSPS) is 11.0. The summed E-state index contributed by atoms with van der Waals surface area (Å²) in [5, 5.41) is 18.8. The minimum Gasteiger partial charge on any atom is -0.480 e. The van der Waals surface area contributed by atoms with Crippen LogP contribution in [0.2, 0.25) is 5.02 Å². The molecule has 0 amide bonds. The number of aromatic nitrogens is 2. The molecule has 2 aromatic heterocycles. The second-order valence-corrected chi connectivity index (χ2v) is 6.65. The van der Waals surface area contributed by atoms with Gasteiger partial charge in [-0.15, -0.1) is 11.3 Å². The van der Waals surface area contributed by atoms with Gasteiger partial charge in [-0.1, -0.05) is 23.7 Å². The van der Waals surface area contributed by atoms with Crippen LogP contribution < -0.4 is 5.56 Å². The number of carbonyl (C=O) groups is 2. The molecule has 0 fully saturated rings. The molecule has 0 aliphatic rings. The maximum atomic E-state index is 12.9. The van der Waals surface area contributed by atoms with E-state index in [9.17, 15) is 19.5 Å². The molecule has 0 radical (unpaired) electrons. The van der Waals surface area contributed by atoms with Crippen molar-refractivity contribution >= 4 is 45.1 Å². The van der Waals surface area contributed by atoms with Crippen LogP contribution in [-0.4, -0.2) is 31.7 Å². The third-order valence-electron chi connectivity index (χ3n) is 3.65. The number of aromatic carboxylic acids is 1. The van der Waals surface area contributed by atoms with Gasteiger partial charge >= 0.3 is 11.9 Å². The molecule has 3 rings (SSSR count). The molecule has 0 bridgehead atoms. The van der Waals surface area contributed by atoms with Crippen molar-refractivity contribution in [3.05, 3.63) is 50.1 Å². The Morgan fingerprint density at radius 2 is 1.96 bits per heavy atom. The smallest absolute Gasteiger partial charge is 0.346 e. The number of aryl methyl sites for hydroxylation is 1. The van der Waals surface area contributed by atoms with E-state index in [1.165, 1.54) is 6.92 Å². The number of aliphatic carboxylic acids is 1. The molecule has 25 heavy (non-hydrogen) atoms. The molecule has 9 heteroatoms. The van der Waals surface area contributed by atoms with E-state index in [-0.39, 0.29) is 26.5 Å². The predicted octanol–water partition coefficient (Wildman–Crippen LogP) is 2.87. The number of hydrogen-bond donors (Lipinski definition) is 2. The van der Waals surface area contributed by atoms with Crippen LogP contribution in [0, 0.1) is 6.92 Å². The van der Waals surface area contributed by atoms with Crippen LogP contribution in [0.15, 0.2) is 29.1 Å². The molecule has 7 nitrogen and oxygen atoms in total. The highest BCUT2D eigenvalue weighted by Gasteiger charge is 2.23. The Hall–Kier alpha value is -2.71. The highest BCUT2D eigenvalue weighted by atomic mass is 35.5. The number of fused-ring (bicyclic) bond motifs is 1. The number of carboxylic acid groups (broad SMARTS) is 2. The van der Waals surface area contributed by atoms with Crippen LogP contribution >= 0.6 is 22.9 Å². The lowest BCUT2D eigenvalue weighted by molar-refractivity contribution is -0.137. The number of rotatable bonds is 4. The van der Waals surface area contributed by atoms with Crippen LogP contribution in [0.4, 0.5) is 0 Å². The number of thiophene rings is 1. The average Bonchev–Trinajstić information content (AvgIpc) is 2.87. The quantitative estimate of drug-likeness (QED) is 0.722. The number of nitrogens with zero attached hydrogens (tertiary/aromatic N) is 2. The maximum absolute atomic E-state index is 12.9. The van der Waals surface area contributed by atoms with E-state index in [4.69, 9.17) is 16.7 Å². The summed E-state index contributed by atoms with van der Waals surface area (Å²) < 4.78 is 0.997. The molecule has 0 atom stereocenters. The van der Waals surface area contributed by atoms with Crippen molar-refractivity contribution in [2.45, 2.75) is 13.5 Å². The fourth-order valence-electron chi connectivity index (χ4n) is 2.55. The maximum Gasteiger partial charge on any atom is 0.346 e. The summed E-state index contributed by atoms with van der Waals surface area (Å²) in [6.07, 6.45) is 0. The van der Waals surface area contributed by atoms with Crippen LogP contribution in [0.3, 0.4) is 0 Å². The number of carboxylic acids is 2. The second kappa shape index (κ2) is 6.30. The summed E-state index contributed by atoms with van der Waals surface area (Å²) in [4.78, 5) is 40.0. The molecule has 0 spiro atoms. The van der Waals surface area contributed by atoms with Gasteiger partial charge in [0.1, 0.15) is 22.1 Å². The van der Waals surface area contributed by atoms with Crippen molar-refractivity contribution in [1.29, 1.82) is 0 Å². The van der Waals surface area contributed by atoms with Gasteiger partial charge in [-0.3, -0.25) is 14.2 Å². The van der Waals surface area contributed by atoms with E-state index in [2.05, 4.69) is 4.98 Å². The van der Waals surface area contributed by atoms with E-state index < -0.39 is 24.0 Å². The van der Waals surface area contributed by atoms with E-state index >= 15 is 0 Å². The molecular formula is C16H11ClN2O5S. The number of halogens is 1. The molecule has 2 N–H and O–H groups in total. The van der Waals surface area contributed by atoms with Gasteiger partial charge in [-0.2, -0.15) is 0 Å². The zero-order valence-corrected chi connectivity index (χ0v) is 14.4.